The van der Waals surface area contributed by atoms with Crippen LogP contribution in [0.1, 0.15) is 6.92 Å². The molecule has 1 heterocycles. The van der Waals surface area contributed by atoms with Crippen molar-refractivity contribution in [3.63, 3.8) is 0 Å². The first-order chi connectivity index (χ1) is 5.56. The van der Waals surface area contributed by atoms with Crippen molar-refractivity contribution in [2.45, 2.75) is 6.92 Å². The Bertz CT molecular complexity index is 223. The third-order valence-corrected chi connectivity index (χ3v) is 1.37. The molecule has 0 spiro atoms. The summed E-state index contributed by atoms with van der Waals surface area (Å²) in [7, 11) is -4.17. The monoisotopic (exact) mass is 219 g/mol. The summed E-state index contributed by atoms with van der Waals surface area (Å²) in [4.78, 5) is 3.85. The van der Waals surface area contributed by atoms with Gasteiger partial charge in [-0.15, -0.1) is 0 Å². The Hall–Kier alpha value is 0.340. The van der Waals surface area contributed by atoms with Crippen molar-refractivity contribution in [3.05, 3.63) is 0 Å². The van der Waals surface area contributed by atoms with Crippen LogP contribution in [0.15, 0.2) is 4.99 Å². The molecule has 0 radical (unpaired) electrons. The van der Waals surface area contributed by atoms with Crippen LogP contribution in [0.25, 0.3) is 0 Å². The molecule has 0 aromatic heterocycles. The summed E-state index contributed by atoms with van der Waals surface area (Å²) in [6.45, 7) is 3.42. The number of hydrogen-bond acceptors (Lipinski definition) is 5. The smallest absolute Gasteiger partial charge is 0.375 e. The van der Waals surface area contributed by atoms with E-state index < -0.39 is 10.4 Å². The quantitative estimate of drug-likeness (QED) is 0.371. The zero-order valence-corrected chi connectivity index (χ0v) is 10.5. The number of rotatable bonds is 2. The largest absolute Gasteiger partial charge is 1.00 e. The van der Waals surface area contributed by atoms with Crippen LogP contribution in [0, 0.1) is 0 Å². The van der Waals surface area contributed by atoms with Gasteiger partial charge in [-0.25, -0.2) is 4.18 Å². The van der Waals surface area contributed by atoms with E-state index in [1.165, 1.54) is 6.92 Å². The van der Waals surface area contributed by atoms with Crippen molar-refractivity contribution in [3.8, 4) is 0 Å². The molecule has 6 nitrogen and oxygen atoms in total. The van der Waals surface area contributed by atoms with Crippen molar-refractivity contribution >= 4 is 16.7 Å². The molecule has 0 aliphatic carbocycles. The zero-order chi connectivity index (χ0) is 9.45. The summed E-state index contributed by atoms with van der Waals surface area (Å²) in [5.74, 6) is 0. The van der Waals surface area contributed by atoms with E-state index in [2.05, 4.69) is 14.5 Å². The molecule has 8 heteroatoms. The second-order valence-electron chi connectivity index (χ2n) is 1.82. The van der Waals surface area contributed by atoms with Crippen molar-refractivity contribution in [1.29, 1.82) is 0 Å². The van der Waals surface area contributed by atoms with Gasteiger partial charge in [-0.1, -0.05) is 0 Å². The van der Waals surface area contributed by atoms with E-state index >= 15 is 0 Å². The van der Waals surface area contributed by atoms with E-state index in [0.717, 1.165) is 13.1 Å². The summed E-state index contributed by atoms with van der Waals surface area (Å²) in [5.41, 5.74) is 0. The standard InChI is InChI=1S/C3H6N2.C2H6O4S.Na/c1-2-5-3-4-1;1-2-6-7(3,4)5;/h3H,1-2H2,(H,4,5);2H2,1H3,(H,3,4,5);/q;;+1. The van der Waals surface area contributed by atoms with Crippen LogP contribution in [-0.4, -0.2) is 39.0 Å². The normalized spacial score (nSPS) is 13.7. The summed E-state index contributed by atoms with van der Waals surface area (Å²) in [6, 6.07) is 0. The number of hydrogen-bond donors (Lipinski definition) is 2. The molecule has 0 unspecified atom stereocenters. The second-order valence-corrected chi connectivity index (χ2v) is 2.91. The second kappa shape index (κ2) is 8.92. The molecular formula is C5H12N2NaO4S+. The fourth-order valence-electron chi connectivity index (χ4n) is 0.472. The molecule has 0 saturated heterocycles. The zero-order valence-electron chi connectivity index (χ0n) is 7.73. The molecule has 1 rings (SSSR count). The Labute approximate surface area is 100 Å². The molecule has 0 fully saturated rings. The third kappa shape index (κ3) is 15.1. The summed E-state index contributed by atoms with van der Waals surface area (Å²) >= 11 is 0. The predicted octanol–water partition coefficient (Wildman–Crippen LogP) is -3.55. The predicted molar refractivity (Wildman–Crippen MR) is 44.5 cm³/mol. The molecule has 1 aliphatic heterocycles. The number of nitrogens with zero attached hydrogens (tertiary/aromatic N) is 1. The van der Waals surface area contributed by atoms with Crippen LogP contribution in [-0.2, 0) is 14.6 Å². The van der Waals surface area contributed by atoms with Gasteiger partial charge in [0.05, 0.1) is 19.5 Å². The minimum absolute atomic E-state index is 0. The first kappa shape index (κ1) is 15.8. The Balaban J connectivity index is 0. The molecule has 72 valence electrons. The van der Waals surface area contributed by atoms with E-state index in [0.29, 0.717) is 0 Å². The summed E-state index contributed by atoms with van der Waals surface area (Å²) < 4.78 is 30.7. The van der Waals surface area contributed by atoms with Gasteiger partial charge in [0.1, 0.15) is 0 Å². The van der Waals surface area contributed by atoms with Gasteiger partial charge in [0, 0.05) is 6.54 Å². The van der Waals surface area contributed by atoms with Crippen LogP contribution in [0.5, 0.6) is 0 Å². The number of nitrogens with one attached hydrogen (secondary N) is 1. The Morgan fingerprint density at radius 2 is 2.31 bits per heavy atom. The first-order valence-corrected chi connectivity index (χ1v) is 4.76. The molecule has 0 aromatic rings. The molecule has 0 amide bonds. The van der Waals surface area contributed by atoms with Gasteiger partial charge in [-0.05, 0) is 6.92 Å². The summed E-state index contributed by atoms with van der Waals surface area (Å²) in [6.07, 6.45) is 1.74. The molecule has 0 atom stereocenters. The van der Waals surface area contributed by atoms with Gasteiger partial charge in [-0.3, -0.25) is 9.55 Å². The van der Waals surface area contributed by atoms with Crippen molar-refractivity contribution in [2.75, 3.05) is 19.7 Å². The van der Waals surface area contributed by atoms with E-state index in [1.807, 2.05) is 0 Å². The maximum atomic E-state index is 9.56. The van der Waals surface area contributed by atoms with E-state index in [9.17, 15) is 8.42 Å². The van der Waals surface area contributed by atoms with Gasteiger partial charge in [-0.2, -0.15) is 8.42 Å². The van der Waals surface area contributed by atoms with E-state index in [1.54, 1.807) is 6.34 Å². The summed E-state index contributed by atoms with van der Waals surface area (Å²) in [5, 5.41) is 2.93. The first-order valence-electron chi connectivity index (χ1n) is 3.40. The van der Waals surface area contributed by atoms with Crippen LogP contribution in [0.3, 0.4) is 0 Å². The van der Waals surface area contributed by atoms with Crippen molar-refractivity contribution < 1.29 is 46.7 Å². The van der Waals surface area contributed by atoms with Crippen LogP contribution >= 0.6 is 0 Å². The minimum Gasteiger partial charge on any atom is -0.375 e. The fourth-order valence-corrected chi connectivity index (χ4v) is 0.770. The molecular weight excluding hydrogens is 207 g/mol. The molecule has 0 aromatic carbocycles. The maximum Gasteiger partial charge on any atom is 1.00 e. The van der Waals surface area contributed by atoms with Gasteiger partial charge in [0.2, 0.25) is 0 Å². The van der Waals surface area contributed by atoms with Gasteiger partial charge in [0.25, 0.3) is 0 Å². The van der Waals surface area contributed by atoms with Crippen LogP contribution < -0.4 is 34.9 Å². The molecule has 1 aliphatic rings. The SMILES string of the molecule is C1=NCCN1.CCOS(=O)(=O)O.[Na+]. The van der Waals surface area contributed by atoms with Crippen LogP contribution in [0.4, 0.5) is 0 Å². The Morgan fingerprint density at radius 3 is 2.38 bits per heavy atom. The molecule has 0 bridgehead atoms. The van der Waals surface area contributed by atoms with E-state index in [4.69, 9.17) is 4.55 Å². The molecule has 2 N–H and O–H groups in total. The maximum absolute atomic E-state index is 9.56. The fraction of sp³-hybridized carbons (Fsp3) is 0.800. The van der Waals surface area contributed by atoms with E-state index in [-0.39, 0.29) is 36.2 Å². The van der Waals surface area contributed by atoms with Crippen LogP contribution in [0.2, 0.25) is 0 Å². The molecule has 13 heavy (non-hydrogen) atoms. The Morgan fingerprint density at radius 1 is 1.69 bits per heavy atom. The van der Waals surface area contributed by atoms with Gasteiger partial charge >= 0.3 is 40.0 Å². The van der Waals surface area contributed by atoms with Crippen molar-refractivity contribution in [1.82, 2.24) is 5.32 Å². The molecule has 0 saturated carbocycles. The van der Waals surface area contributed by atoms with Crippen molar-refractivity contribution in [2.24, 2.45) is 4.99 Å². The Kier molecular flexibility index (Phi) is 10.8. The number of aliphatic imine (C=N–C) groups is 1. The minimum atomic E-state index is -4.17. The van der Waals surface area contributed by atoms with Gasteiger partial charge < -0.3 is 5.32 Å². The topological polar surface area (TPSA) is 88.0 Å². The van der Waals surface area contributed by atoms with Gasteiger partial charge in [0.15, 0.2) is 0 Å². The average Bonchev–Trinajstić information content (AvgIpc) is 2.38. The average molecular weight is 219 g/mol. The third-order valence-electron chi connectivity index (χ3n) is 0.835.